The molecule has 0 fully saturated rings. The third-order valence-electron chi connectivity index (χ3n) is 6.48. The second kappa shape index (κ2) is 16.0. The maximum Gasteiger partial charge on any atom is 0.257 e. The van der Waals surface area contributed by atoms with Gasteiger partial charge >= 0.3 is 0 Å². The van der Waals surface area contributed by atoms with E-state index in [1.165, 1.54) is 62.7 Å². The normalized spacial score (nSPS) is 11.1. The number of imidazole rings is 1. The fraction of sp³-hybridized carbons (Fsp3) is 0.533. The molecule has 0 atom stereocenters. The molecular weight excluding hydrogens is 434 g/mol. The third-order valence-corrected chi connectivity index (χ3v) is 6.48. The van der Waals surface area contributed by atoms with E-state index in [9.17, 15) is 4.79 Å². The van der Waals surface area contributed by atoms with Gasteiger partial charge in [-0.15, -0.1) is 0 Å². The largest absolute Gasteiger partial charge is 0.484 e. The lowest BCUT2D eigenvalue weighted by Crippen LogP contribution is -2.29. The number of ether oxygens (including phenoxy) is 1. The van der Waals surface area contributed by atoms with Crippen LogP contribution in [-0.4, -0.2) is 28.6 Å². The zero-order valence-electron chi connectivity index (χ0n) is 21.5. The summed E-state index contributed by atoms with van der Waals surface area (Å²) in [5.74, 6) is 1.85. The van der Waals surface area contributed by atoms with Gasteiger partial charge in [0.05, 0.1) is 11.0 Å². The van der Waals surface area contributed by atoms with E-state index in [1.807, 2.05) is 30.3 Å². The van der Waals surface area contributed by atoms with Crippen molar-refractivity contribution in [3.8, 4) is 5.75 Å². The van der Waals surface area contributed by atoms with Gasteiger partial charge in [-0.25, -0.2) is 4.98 Å². The van der Waals surface area contributed by atoms with E-state index >= 15 is 0 Å². The van der Waals surface area contributed by atoms with E-state index < -0.39 is 0 Å². The van der Waals surface area contributed by atoms with Crippen LogP contribution in [0.3, 0.4) is 0 Å². The molecule has 0 saturated heterocycles. The van der Waals surface area contributed by atoms with Crippen LogP contribution in [0.4, 0.5) is 0 Å². The molecule has 0 radical (unpaired) electrons. The minimum atomic E-state index is -0.0685. The van der Waals surface area contributed by atoms with E-state index in [0.717, 1.165) is 43.5 Å². The maximum absolute atomic E-state index is 12.0. The number of carbonyl (C=O) groups is 1. The molecule has 0 aliphatic carbocycles. The van der Waals surface area contributed by atoms with Crippen LogP contribution >= 0.6 is 0 Å². The van der Waals surface area contributed by atoms with Crippen LogP contribution in [0.15, 0.2) is 54.6 Å². The predicted octanol–water partition coefficient (Wildman–Crippen LogP) is 7.09. The highest BCUT2D eigenvalue weighted by Gasteiger charge is 2.10. The Labute approximate surface area is 211 Å². The second-order valence-corrected chi connectivity index (χ2v) is 9.41. The van der Waals surface area contributed by atoms with Crippen LogP contribution in [0.25, 0.3) is 11.0 Å². The number of nitrogens with one attached hydrogen (secondary N) is 1. The van der Waals surface area contributed by atoms with Gasteiger partial charge in [-0.3, -0.25) is 4.79 Å². The van der Waals surface area contributed by atoms with Crippen molar-refractivity contribution in [2.45, 2.75) is 90.5 Å². The lowest BCUT2D eigenvalue weighted by Gasteiger charge is -2.10. The van der Waals surface area contributed by atoms with Gasteiger partial charge in [0.1, 0.15) is 11.6 Å². The van der Waals surface area contributed by atoms with Gasteiger partial charge in [0.25, 0.3) is 5.91 Å². The monoisotopic (exact) mass is 477 g/mol. The fourth-order valence-electron chi connectivity index (χ4n) is 4.50. The number of fused-ring (bicyclic) bond motifs is 1. The Morgan fingerprint density at radius 1 is 0.829 bits per heavy atom. The molecule has 0 spiro atoms. The van der Waals surface area contributed by atoms with Crippen LogP contribution in [0.2, 0.25) is 0 Å². The minimum absolute atomic E-state index is 0.0623. The third kappa shape index (κ3) is 9.75. The summed E-state index contributed by atoms with van der Waals surface area (Å²) in [7, 11) is 0. The highest BCUT2D eigenvalue weighted by atomic mass is 16.5. The van der Waals surface area contributed by atoms with Gasteiger partial charge in [0.2, 0.25) is 0 Å². The average molecular weight is 478 g/mol. The first kappa shape index (κ1) is 26.8. The lowest BCUT2D eigenvalue weighted by molar-refractivity contribution is -0.123. The summed E-state index contributed by atoms with van der Waals surface area (Å²) in [6, 6.07) is 17.9. The number of aryl methyl sites for hydroxylation is 2. The van der Waals surface area contributed by atoms with Gasteiger partial charge < -0.3 is 14.6 Å². The van der Waals surface area contributed by atoms with Crippen LogP contribution in [-0.2, 0) is 17.8 Å². The highest BCUT2D eigenvalue weighted by Crippen LogP contribution is 2.19. The van der Waals surface area contributed by atoms with Gasteiger partial charge in [-0.2, -0.15) is 0 Å². The minimum Gasteiger partial charge on any atom is -0.484 e. The first-order valence-corrected chi connectivity index (χ1v) is 13.7. The van der Waals surface area contributed by atoms with E-state index in [-0.39, 0.29) is 12.5 Å². The SMILES string of the molecule is CCCCCCCCCCn1c(CCCCCNC(=O)COc2ccccc2)nc2ccccc21. The molecule has 3 rings (SSSR count). The Morgan fingerprint density at radius 2 is 1.51 bits per heavy atom. The zero-order valence-corrected chi connectivity index (χ0v) is 21.5. The molecule has 190 valence electrons. The Kier molecular flexibility index (Phi) is 12.2. The summed E-state index contributed by atoms with van der Waals surface area (Å²) in [5.41, 5.74) is 2.36. The number of unbranched alkanes of at least 4 members (excludes halogenated alkanes) is 9. The summed E-state index contributed by atoms with van der Waals surface area (Å²) in [5, 5.41) is 2.96. The molecule has 35 heavy (non-hydrogen) atoms. The molecule has 1 N–H and O–H groups in total. The second-order valence-electron chi connectivity index (χ2n) is 9.41. The Morgan fingerprint density at radius 3 is 2.31 bits per heavy atom. The van der Waals surface area contributed by atoms with Crippen LogP contribution in [0.5, 0.6) is 5.75 Å². The van der Waals surface area contributed by atoms with Crippen LogP contribution in [0.1, 0.15) is 83.4 Å². The molecule has 1 amide bonds. The summed E-state index contributed by atoms with van der Waals surface area (Å²) in [6.45, 7) is 4.08. The topological polar surface area (TPSA) is 56.2 Å². The van der Waals surface area contributed by atoms with Crippen molar-refractivity contribution in [2.75, 3.05) is 13.2 Å². The number of para-hydroxylation sites is 3. The number of amides is 1. The van der Waals surface area contributed by atoms with Gasteiger partial charge in [0.15, 0.2) is 6.61 Å². The molecule has 1 heterocycles. The molecule has 5 heteroatoms. The van der Waals surface area contributed by atoms with Gasteiger partial charge in [-0.05, 0) is 43.5 Å². The Bertz CT molecular complexity index is 984. The van der Waals surface area contributed by atoms with Gasteiger partial charge in [0, 0.05) is 19.5 Å². The number of rotatable bonds is 18. The van der Waals surface area contributed by atoms with E-state index in [0.29, 0.717) is 6.54 Å². The number of hydrogen-bond donors (Lipinski definition) is 1. The molecule has 1 aromatic heterocycles. The molecule has 0 saturated carbocycles. The number of carbonyl (C=O) groups excluding carboxylic acids is 1. The Balaban J connectivity index is 1.34. The van der Waals surface area contributed by atoms with Crippen molar-refractivity contribution in [3.05, 3.63) is 60.4 Å². The molecule has 0 unspecified atom stereocenters. The first-order valence-electron chi connectivity index (χ1n) is 13.7. The van der Waals surface area contributed by atoms with Crippen molar-refractivity contribution in [1.82, 2.24) is 14.9 Å². The first-order chi connectivity index (χ1) is 17.3. The summed E-state index contributed by atoms with van der Waals surface area (Å²) in [6.07, 6.45) is 14.8. The molecule has 2 aromatic carbocycles. The number of nitrogens with zero attached hydrogens (tertiary/aromatic N) is 2. The van der Waals surface area contributed by atoms with Crippen LogP contribution in [0, 0.1) is 0 Å². The number of hydrogen-bond acceptors (Lipinski definition) is 3. The van der Waals surface area contributed by atoms with Crippen molar-refractivity contribution in [3.63, 3.8) is 0 Å². The lowest BCUT2D eigenvalue weighted by atomic mass is 10.1. The van der Waals surface area contributed by atoms with E-state index in [4.69, 9.17) is 9.72 Å². The van der Waals surface area contributed by atoms with E-state index in [2.05, 4.69) is 41.1 Å². The van der Waals surface area contributed by atoms with E-state index in [1.54, 1.807) is 0 Å². The standard InChI is InChI=1S/C30H43N3O2/c1-2-3-4-5-6-7-8-17-24-33-28-21-15-14-20-27(28)32-29(33)22-13-10-16-23-31-30(34)25-35-26-18-11-9-12-19-26/h9,11-12,14-15,18-21H,2-8,10,13,16-17,22-25H2,1H3,(H,31,34). The van der Waals surface area contributed by atoms with Crippen molar-refractivity contribution in [1.29, 1.82) is 0 Å². The number of benzene rings is 2. The molecule has 3 aromatic rings. The van der Waals surface area contributed by atoms with Crippen molar-refractivity contribution < 1.29 is 9.53 Å². The Hall–Kier alpha value is -2.82. The number of aromatic nitrogens is 2. The fourth-order valence-corrected chi connectivity index (χ4v) is 4.50. The quantitative estimate of drug-likeness (QED) is 0.199. The summed E-state index contributed by atoms with van der Waals surface area (Å²) >= 11 is 0. The summed E-state index contributed by atoms with van der Waals surface area (Å²) in [4.78, 5) is 16.9. The van der Waals surface area contributed by atoms with Crippen molar-refractivity contribution in [2.24, 2.45) is 0 Å². The van der Waals surface area contributed by atoms with Crippen LogP contribution < -0.4 is 10.1 Å². The highest BCUT2D eigenvalue weighted by molar-refractivity contribution is 5.77. The molecule has 0 aliphatic rings. The van der Waals surface area contributed by atoms with Crippen molar-refractivity contribution >= 4 is 16.9 Å². The molecule has 0 bridgehead atoms. The zero-order chi connectivity index (χ0) is 24.6. The summed E-state index contributed by atoms with van der Waals surface area (Å²) < 4.78 is 7.93. The molecule has 0 aliphatic heterocycles. The smallest absolute Gasteiger partial charge is 0.257 e. The molecule has 5 nitrogen and oxygen atoms in total. The molecular formula is C30H43N3O2. The van der Waals surface area contributed by atoms with Gasteiger partial charge in [-0.1, -0.05) is 88.6 Å². The predicted molar refractivity (Wildman–Crippen MR) is 145 cm³/mol. The average Bonchev–Trinajstić information content (AvgIpc) is 3.24. The maximum atomic E-state index is 12.0.